The monoisotopic (exact) mass is 166 g/mol. The van der Waals surface area contributed by atoms with Crippen LogP contribution < -0.4 is 5.32 Å². The van der Waals surface area contributed by atoms with Gasteiger partial charge >= 0.3 is 5.97 Å². The van der Waals surface area contributed by atoms with Crippen LogP contribution in [0.1, 0.15) is 22.0 Å². The number of carboxylic acids is 1. The predicted octanol–water partition coefficient (Wildman–Crippen LogP) is 0.400. The van der Waals surface area contributed by atoms with Gasteiger partial charge in [-0.25, -0.2) is 4.79 Å². The summed E-state index contributed by atoms with van der Waals surface area (Å²) in [5.74, 6) is -0.496. The number of H-pyrrole nitrogens is 1. The molecular weight excluding hydrogens is 156 g/mol. The quantitative estimate of drug-likeness (QED) is 0.595. The van der Waals surface area contributed by atoms with Gasteiger partial charge in [-0.3, -0.25) is 0 Å². The van der Waals surface area contributed by atoms with Gasteiger partial charge in [0.1, 0.15) is 5.69 Å². The Balaban J connectivity index is 2.29. The van der Waals surface area contributed by atoms with Crippen LogP contribution in [0, 0.1) is 0 Å². The van der Waals surface area contributed by atoms with E-state index in [1.807, 2.05) is 6.07 Å². The second-order valence-electron chi connectivity index (χ2n) is 2.97. The highest BCUT2D eigenvalue weighted by molar-refractivity contribution is 5.87. The summed E-state index contributed by atoms with van der Waals surface area (Å²) in [4.78, 5) is 13.4. The summed E-state index contributed by atoms with van der Waals surface area (Å²) in [7, 11) is 0. The number of rotatable bonds is 2. The van der Waals surface area contributed by atoms with Crippen molar-refractivity contribution >= 4 is 5.97 Å². The van der Waals surface area contributed by atoms with E-state index in [9.17, 15) is 4.79 Å². The fourth-order valence-electron chi connectivity index (χ4n) is 1.42. The first-order valence-electron chi connectivity index (χ1n) is 3.90. The summed E-state index contributed by atoms with van der Waals surface area (Å²) < 4.78 is 0. The van der Waals surface area contributed by atoms with Crippen molar-refractivity contribution in [1.82, 2.24) is 10.3 Å². The van der Waals surface area contributed by atoms with Gasteiger partial charge in [0, 0.05) is 25.2 Å². The summed E-state index contributed by atoms with van der Waals surface area (Å²) in [5, 5.41) is 11.9. The zero-order valence-corrected chi connectivity index (χ0v) is 6.50. The second kappa shape index (κ2) is 2.64. The van der Waals surface area contributed by atoms with Crippen LogP contribution in [0.3, 0.4) is 0 Å². The Hall–Kier alpha value is -1.29. The van der Waals surface area contributed by atoms with E-state index in [1.165, 1.54) is 0 Å². The predicted molar refractivity (Wildman–Crippen MR) is 43.4 cm³/mol. The van der Waals surface area contributed by atoms with Crippen LogP contribution in [-0.2, 0) is 0 Å². The smallest absolute Gasteiger partial charge is 0.352 e. The first kappa shape index (κ1) is 7.36. The maximum absolute atomic E-state index is 10.7. The number of nitrogens with one attached hydrogen (secondary N) is 2. The SMILES string of the molecule is O=C(O)c1[nH]ccc1C1CNC1. The number of carbonyl (C=O) groups is 1. The van der Waals surface area contributed by atoms with Crippen molar-refractivity contribution in [3.05, 3.63) is 23.5 Å². The van der Waals surface area contributed by atoms with Crippen molar-refractivity contribution in [2.24, 2.45) is 0 Å². The number of hydrogen-bond acceptors (Lipinski definition) is 2. The van der Waals surface area contributed by atoms with E-state index in [0.717, 1.165) is 18.7 Å². The number of aromatic amines is 1. The molecule has 1 aromatic heterocycles. The van der Waals surface area contributed by atoms with Gasteiger partial charge in [-0.1, -0.05) is 0 Å². The molecule has 2 heterocycles. The van der Waals surface area contributed by atoms with Crippen LogP contribution in [0.2, 0.25) is 0 Å². The number of aromatic carboxylic acids is 1. The van der Waals surface area contributed by atoms with Crippen molar-refractivity contribution in [2.45, 2.75) is 5.92 Å². The lowest BCUT2D eigenvalue weighted by Crippen LogP contribution is -2.40. The molecule has 0 saturated carbocycles. The zero-order valence-electron chi connectivity index (χ0n) is 6.50. The topological polar surface area (TPSA) is 65.1 Å². The van der Waals surface area contributed by atoms with Gasteiger partial charge in [-0.05, 0) is 11.6 Å². The molecule has 0 aromatic carbocycles. The van der Waals surface area contributed by atoms with E-state index < -0.39 is 5.97 Å². The van der Waals surface area contributed by atoms with E-state index in [2.05, 4.69) is 10.3 Å². The van der Waals surface area contributed by atoms with Gasteiger partial charge in [0.25, 0.3) is 0 Å². The number of hydrogen-bond donors (Lipinski definition) is 3. The Bertz CT molecular complexity index is 302. The molecule has 0 amide bonds. The molecule has 1 saturated heterocycles. The first-order valence-corrected chi connectivity index (χ1v) is 3.90. The highest BCUT2D eigenvalue weighted by Crippen LogP contribution is 2.22. The molecule has 4 heteroatoms. The molecule has 0 radical (unpaired) electrons. The summed E-state index contributed by atoms with van der Waals surface area (Å²) in [6.07, 6.45) is 1.68. The molecule has 1 aliphatic rings. The summed E-state index contributed by atoms with van der Waals surface area (Å²) in [6, 6.07) is 1.84. The van der Waals surface area contributed by atoms with Gasteiger partial charge in [0.15, 0.2) is 0 Å². The van der Waals surface area contributed by atoms with E-state index >= 15 is 0 Å². The van der Waals surface area contributed by atoms with Crippen LogP contribution in [0.5, 0.6) is 0 Å². The summed E-state index contributed by atoms with van der Waals surface area (Å²) in [5.41, 5.74) is 1.25. The Morgan fingerprint density at radius 3 is 2.83 bits per heavy atom. The number of aromatic nitrogens is 1. The molecule has 0 spiro atoms. The summed E-state index contributed by atoms with van der Waals surface area (Å²) >= 11 is 0. The molecule has 4 nitrogen and oxygen atoms in total. The highest BCUT2D eigenvalue weighted by Gasteiger charge is 2.24. The van der Waals surface area contributed by atoms with Crippen LogP contribution >= 0.6 is 0 Å². The van der Waals surface area contributed by atoms with E-state index in [-0.39, 0.29) is 0 Å². The van der Waals surface area contributed by atoms with Crippen molar-refractivity contribution in [3.63, 3.8) is 0 Å². The Labute approximate surface area is 69.6 Å². The second-order valence-corrected chi connectivity index (χ2v) is 2.97. The minimum Gasteiger partial charge on any atom is -0.477 e. The lowest BCUT2D eigenvalue weighted by Gasteiger charge is -2.26. The van der Waals surface area contributed by atoms with E-state index in [1.54, 1.807) is 6.20 Å². The third-order valence-electron chi connectivity index (χ3n) is 2.21. The van der Waals surface area contributed by atoms with Crippen molar-refractivity contribution in [2.75, 3.05) is 13.1 Å². The maximum atomic E-state index is 10.7. The van der Waals surface area contributed by atoms with Crippen LogP contribution in [-0.4, -0.2) is 29.1 Å². The molecule has 0 aliphatic carbocycles. The third kappa shape index (κ3) is 1.00. The standard InChI is InChI=1S/C8H10N2O2/c11-8(12)7-6(1-2-10-7)5-3-9-4-5/h1-2,5,9-10H,3-4H2,(H,11,12). The van der Waals surface area contributed by atoms with E-state index in [0.29, 0.717) is 11.6 Å². The fraction of sp³-hybridized carbons (Fsp3) is 0.375. The maximum Gasteiger partial charge on any atom is 0.352 e. The molecule has 1 aromatic rings. The molecule has 3 N–H and O–H groups in total. The van der Waals surface area contributed by atoms with Gasteiger partial charge in [-0.2, -0.15) is 0 Å². The van der Waals surface area contributed by atoms with Crippen LogP contribution in [0.25, 0.3) is 0 Å². The Morgan fingerprint density at radius 1 is 1.58 bits per heavy atom. The Kier molecular flexibility index (Phi) is 1.62. The average molecular weight is 166 g/mol. The first-order chi connectivity index (χ1) is 5.79. The normalized spacial score (nSPS) is 17.3. The van der Waals surface area contributed by atoms with Crippen LogP contribution in [0.15, 0.2) is 12.3 Å². The molecule has 64 valence electrons. The van der Waals surface area contributed by atoms with Crippen molar-refractivity contribution < 1.29 is 9.90 Å². The largest absolute Gasteiger partial charge is 0.477 e. The molecule has 1 fully saturated rings. The summed E-state index contributed by atoms with van der Waals surface area (Å²) in [6.45, 7) is 1.77. The fourth-order valence-corrected chi connectivity index (χ4v) is 1.42. The van der Waals surface area contributed by atoms with Gasteiger partial charge in [-0.15, -0.1) is 0 Å². The van der Waals surface area contributed by atoms with E-state index in [4.69, 9.17) is 5.11 Å². The van der Waals surface area contributed by atoms with Gasteiger partial charge in [0.05, 0.1) is 0 Å². The minimum atomic E-state index is -0.873. The lowest BCUT2D eigenvalue weighted by atomic mass is 9.94. The molecule has 1 aliphatic heterocycles. The van der Waals surface area contributed by atoms with Crippen molar-refractivity contribution in [1.29, 1.82) is 0 Å². The molecule has 2 rings (SSSR count). The Morgan fingerprint density at radius 2 is 2.33 bits per heavy atom. The lowest BCUT2D eigenvalue weighted by molar-refractivity contribution is 0.0689. The number of carboxylic acid groups (broad SMARTS) is 1. The average Bonchev–Trinajstić information content (AvgIpc) is 2.31. The minimum absolute atomic E-state index is 0.335. The molecule has 12 heavy (non-hydrogen) atoms. The van der Waals surface area contributed by atoms with Crippen molar-refractivity contribution in [3.8, 4) is 0 Å². The van der Waals surface area contributed by atoms with Gasteiger partial charge in [0.2, 0.25) is 0 Å². The van der Waals surface area contributed by atoms with Gasteiger partial charge < -0.3 is 15.4 Å². The molecular formula is C8H10N2O2. The highest BCUT2D eigenvalue weighted by atomic mass is 16.4. The zero-order chi connectivity index (χ0) is 8.55. The molecule has 0 unspecified atom stereocenters. The molecule has 0 bridgehead atoms. The van der Waals surface area contributed by atoms with Crippen LogP contribution in [0.4, 0.5) is 0 Å². The molecule has 0 atom stereocenters. The third-order valence-corrected chi connectivity index (χ3v) is 2.21.